The molecule has 1 rings (SSSR count). The normalized spacial score (nSPS) is 19.6. The number of nitrogens with zero attached hydrogens (tertiary/aromatic N) is 3. The van der Waals surface area contributed by atoms with Crippen LogP contribution in [0.2, 0.25) is 0 Å². The molecular weight excluding hydrogens is 276 g/mol. The zero-order valence-corrected chi connectivity index (χ0v) is 13.7. The quantitative estimate of drug-likeness (QED) is 0.618. The van der Waals surface area contributed by atoms with Crippen molar-refractivity contribution in [3.63, 3.8) is 0 Å². The van der Waals surface area contributed by atoms with Gasteiger partial charge >= 0.3 is 0 Å². The molecule has 1 saturated heterocycles. The van der Waals surface area contributed by atoms with Gasteiger partial charge in [-0.3, -0.25) is 9.98 Å². The minimum absolute atomic E-state index is 0.0886. The Labute approximate surface area is 121 Å². The molecule has 114 valence electrons. The van der Waals surface area contributed by atoms with Crippen LogP contribution in [-0.2, 0) is 10.0 Å². The van der Waals surface area contributed by atoms with Gasteiger partial charge in [-0.1, -0.05) is 20.8 Å². The highest BCUT2D eigenvalue weighted by Crippen LogP contribution is 2.25. The summed E-state index contributed by atoms with van der Waals surface area (Å²) in [6, 6.07) is 0.0886. The number of rotatable bonds is 4. The van der Waals surface area contributed by atoms with Crippen molar-refractivity contribution >= 4 is 22.6 Å². The molecule has 0 radical (unpaired) electrons. The molecule has 0 amide bonds. The Bertz CT molecular complexity index is 523. The van der Waals surface area contributed by atoms with Crippen LogP contribution in [0.15, 0.2) is 21.8 Å². The van der Waals surface area contributed by atoms with Gasteiger partial charge in [0.1, 0.15) is 5.84 Å². The number of amidine groups is 1. The van der Waals surface area contributed by atoms with Crippen LogP contribution in [0.1, 0.15) is 20.8 Å². The molecule has 0 atom stereocenters. The summed E-state index contributed by atoms with van der Waals surface area (Å²) in [7, 11) is -1.39. The average Bonchev–Trinajstić information content (AvgIpc) is 2.23. The Balaban J connectivity index is 2.68. The molecule has 0 aromatic rings. The van der Waals surface area contributed by atoms with Crippen LogP contribution in [0.4, 0.5) is 0 Å². The lowest BCUT2D eigenvalue weighted by molar-refractivity contribution is 0.250. The Hall–Kier alpha value is -1.21. The molecule has 6 nitrogen and oxygen atoms in total. The minimum Gasteiger partial charge on any atom is -0.365 e. The van der Waals surface area contributed by atoms with Crippen LogP contribution in [0, 0.1) is 5.41 Å². The number of hydrogen-bond acceptors (Lipinski definition) is 4. The van der Waals surface area contributed by atoms with Gasteiger partial charge in [0.15, 0.2) is 0 Å². The number of hydrogen-bond donors (Lipinski definition) is 1. The molecule has 7 heteroatoms. The third-order valence-corrected chi connectivity index (χ3v) is 4.36. The number of aliphatic imine (C=N–C) groups is 2. The van der Waals surface area contributed by atoms with Gasteiger partial charge in [0.05, 0.1) is 12.3 Å². The van der Waals surface area contributed by atoms with Crippen molar-refractivity contribution < 1.29 is 8.42 Å². The van der Waals surface area contributed by atoms with E-state index in [0.29, 0.717) is 18.9 Å². The molecule has 0 aliphatic carbocycles. The Morgan fingerprint density at radius 2 is 1.95 bits per heavy atom. The van der Waals surface area contributed by atoms with Crippen LogP contribution in [0.3, 0.4) is 0 Å². The van der Waals surface area contributed by atoms with E-state index < -0.39 is 10.0 Å². The molecule has 1 fully saturated rings. The summed E-state index contributed by atoms with van der Waals surface area (Å²) in [6.07, 6.45) is 3.08. The van der Waals surface area contributed by atoms with Crippen molar-refractivity contribution in [3.05, 3.63) is 11.8 Å². The largest absolute Gasteiger partial charge is 0.365 e. The van der Waals surface area contributed by atoms with Crippen LogP contribution >= 0.6 is 0 Å². The Morgan fingerprint density at radius 1 is 1.40 bits per heavy atom. The fourth-order valence-electron chi connectivity index (χ4n) is 1.81. The van der Waals surface area contributed by atoms with Crippen molar-refractivity contribution in [2.24, 2.45) is 15.4 Å². The van der Waals surface area contributed by atoms with E-state index >= 15 is 0 Å². The molecule has 0 bridgehead atoms. The van der Waals surface area contributed by atoms with Crippen molar-refractivity contribution in [1.82, 2.24) is 9.62 Å². The van der Waals surface area contributed by atoms with E-state index in [9.17, 15) is 8.42 Å². The van der Waals surface area contributed by atoms with Crippen LogP contribution in [-0.4, -0.2) is 57.7 Å². The predicted octanol–water partition coefficient (Wildman–Crippen LogP) is 0.879. The van der Waals surface area contributed by atoms with E-state index in [0.717, 1.165) is 5.70 Å². The maximum absolute atomic E-state index is 11.3. The van der Waals surface area contributed by atoms with Crippen molar-refractivity contribution in [1.29, 1.82) is 0 Å². The standard InChI is InChI=1S/C13H24N4O2S/c1-13(2,3)11(14-4)7-12(15-5)16-10-8-17(9-10)20(6,18)19/h7,10H,4,8-9H2,1-3,5-6H3,(H,15,16)/b11-7-. The molecule has 0 aromatic heterocycles. The van der Waals surface area contributed by atoms with E-state index in [4.69, 9.17) is 0 Å². The summed E-state index contributed by atoms with van der Waals surface area (Å²) in [5, 5.41) is 3.22. The summed E-state index contributed by atoms with van der Waals surface area (Å²) in [5.41, 5.74) is 0.725. The molecule has 20 heavy (non-hydrogen) atoms. The maximum Gasteiger partial charge on any atom is 0.211 e. The predicted molar refractivity (Wildman–Crippen MR) is 83.8 cm³/mol. The van der Waals surface area contributed by atoms with Gasteiger partial charge in [-0.2, -0.15) is 4.31 Å². The second-order valence-corrected chi connectivity index (χ2v) is 7.95. The van der Waals surface area contributed by atoms with E-state index in [1.807, 2.05) is 6.08 Å². The zero-order valence-electron chi connectivity index (χ0n) is 12.8. The first-order valence-electron chi connectivity index (χ1n) is 6.45. The lowest BCUT2D eigenvalue weighted by Gasteiger charge is -2.38. The van der Waals surface area contributed by atoms with Crippen LogP contribution in [0.5, 0.6) is 0 Å². The smallest absolute Gasteiger partial charge is 0.211 e. The van der Waals surface area contributed by atoms with Gasteiger partial charge < -0.3 is 5.32 Å². The van der Waals surface area contributed by atoms with E-state index in [2.05, 4.69) is 42.8 Å². The number of allylic oxidation sites excluding steroid dienone is 1. The number of nitrogens with one attached hydrogen (secondary N) is 1. The highest BCUT2D eigenvalue weighted by molar-refractivity contribution is 7.88. The van der Waals surface area contributed by atoms with E-state index in [-0.39, 0.29) is 11.5 Å². The topological polar surface area (TPSA) is 74.1 Å². The van der Waals surface area contributed by atoms with Crippen LogP contribution in [0.25, 0.3) is 0 Å². The molecule has 1 heterocycles. The molecule has 0 unspecified atom stereocenters. The Morgan fingerprint density at radius 3 is 2.30 bits per heavy atom. The third kappa shape index (κ3) is 4.42. The van der Waals surface area contributed by atoms with Crippen LogP contribution < -0.4 is 5.32 Å². The summed E-state index contributed by atoms with van der Waals surface area (Å²) in [4.78, 5) is 8.21. The lowest BCUT2D eigenvalue weighted by atomic mass is 9.92. The van der Waals surface area contributed by atoms with Crippen molar-refractivity contribution in [2.75, 3.05) is 26.4 Å². The highest BCUT2D eigenvalue weighted by Gasteiger charge is 2.33. The molecule has 1 aliphatic rings. The van der Waals surface area contributed by atoms with Gasteiger partial charge in [-0.05, 0) is 6.72 Å². The second-order valence-electron chi connectivity index (χ2n) is 5.97. The van der Waals surface area contributed by atoms with Gasteiger partial charge in [0.2, 0.25) is 10.0 Å². The molecule has 0 saturated carbocycles. The third-order valence-electron chi connectivity index (χ3n) is 3.12. The first-order chi connectivity index (χ1) is 9.07. The van der Waals surface area contributed by atoms with Gasteiger partial charge in [0.25, 0.3) is 0 Å². The lowest BCUT2D eigenvalue weighted by Crippen LogP contribution is -2.60. The maximum atomic E-state index is 11.3. The van der Waals surface area contributed by atoms with Crippen molar-refractivity contribution in [2.45, 2.75) is 26.8 Å². The first kappa shape index (κ1) is 16.8. The van der Waals surface area contributed by atoms with Gasteiger partial charge in [-0.15, -0.1) is 0 Å². The summed E-state index contributed by atoms with van der Waals surface area (Å²) in [5.74, 6) is 0.695. The Kier molecular flexibility index (Phi) is 5.10. The fraction of sp³-hybridized carbons (Fsp3) is 0.692. The molecule has 0 aromatic carbocycles. The summed E-state index contributed by atoms with van der Waals surface area (Å²) < 4.78 is 24.0. The highest BCUT2D eigenvalue weighted by atomic mass is 32.2. The monoisotopic (exact) mass is 300 g/mol. The second kappa shape index (κ2) is 6.05. The fourth-order valence-corrected chi connectivity index (χ4v) is 2.71. The molecule has 1 aliphatic heterocycles. The first-order valence-corrected chi connectivity index (χ1v) is 8.30. The SMILES string of the molecule is C=N/C(=C\C(=N/C)NC1CN(S(C)(=O)=O)C1)C(C)(C)C. The van der Waals surface area contributed by atoms with E-state index in [1.165, 1.54) is 10.6 Å². The molecule has 1 N–H and O–H groups in total. The molecular formula is C13H24N4O2S. The average molecular weight is 300 g/mol. The molecule has 0 spiro atoms. The van der Waals surface area contributed by atoms with Gasteiger partial charge in [0, 0.05) is 37.3 Å². The number of sulfonamides is 1. The summed E-state index contributed by atoms with van der Waals surface area (Å²) >= 11 is 0. The summed E-state index contributed by atoms with van der Waals surface area (Å²) in [6.45, 7) is 10.7. The van der Waals surface area contributed by atoms with E-state index in [1.54, 1.807) is 7.05 Å². The zero-order chi connectivity index (χ0) is 15.6. The minimum atomic E-state index is -3.08. The van der Waals surface area contributed by atoms with Gasteiger partial charge in [-0.25, -0.2) is 8.42 Å². The van der Waals surface area contributed by atoms with Crippen molar-refractivity contribution in [3.8, 4) is 0 Å².